The van der Waals surface area contributed by atoms with Gasteiger partial charge in [0.1, 0.15) is 5.82 Å². The predicted molar refractivity (Wildman–Crippen MR) is 92.8 cm³/mol. The number of para-hydroxylation sites is 1. The molecule has 5 heteroatoms. The van der Waals surface area contributed by atoms with Crippen LogP contribution < -0.4 is 14.8 Å². The molecule has 0 aliphatic heterocycles. The lowest BCUT2D eigenvalue weighted by Gasteiger charge is -2.10. The van der Waals surface area contributed by atoms with Gasteiger partial charge in [-0.2, -0.15) is 0 Å². The SMILES string of the molecule is CCCOc1ccc(C=CC(=O)Nc2ccccc2F)cc1OC. The molecular formula is C19H20FNO3. The summed E-state index contributed by atoms with van der Waals surface area (Å²) < 4.78 is 24.4. The van der Waals surface area contributed by atoms with Crippen LogP contribution >= 0.6 is 0 Å². The fraction of sp³-hybridized carbons (Fsp3) is 0.211. The zero-order valence-corrected chi connectivity index (χ0v) is 13.7. The summed E-state index contributed by atoms with van der Waals surface area (Å²) in [7, 11) is 1.56. The van der Waals surface area contributed by atoms with Gasteiger partial charge in [0, 0.05) is 6.08 Å². The van der Waals surface area contributed by atoms with Crippen molar-refractivity contribution in [3.8, 4) is 11.5 Å². The fourth-order valence-electron chi connectivity index (χ4n) is 2.03. The van der Waals surface area contributed by atoms with E-state index in [0.29, 0.717) is 18.1 Å². The Hall–Kier alpha value is -2.82. The summed E-state index contributed by atoms with van der Waals surface area (Å²) in [4.78, 5) is 11.9. The van der Waals surface area contributed by atoms with Crippen LogP contribution in [0.5, 0.6) is 11.5 Å². The quantitative estimate of drug-likeness (QED) is 0.772. The predicted octanol–water partition coefficient (Wildman–Crippen LogP) is 4.28. The molecule has 0 aliphatic carbocycles. The minimum atomic E-state index is -0.474. The maximum atomic E-state index is 13.5. The average molecular weight is 329 g/mol. The second kappa shape index (κ2) is 8.72. The van der Waals surface area contributed by atoms with E-state index in [9.17, 15) is 9.18 Å². The highest BCUT2D eigenvalue weighted by molar-refractivity contribution is 6.02. The van der Waals surface area contributed by atoms with Crippen LogP contribution in [0.25, 0.3) is 6.08 Å². The van der Waals surface area contributed by atoms with Crippen molar-refractivity contribution in [1.82, 2.24) is 0 Å². The van der Waals surface area contributed by atoms with Crippen LogP contribution in [-0.4, -0.2) is 19.6 Å². The van der Waals surface area contributed by atoms with Gasteiger partial charge in [0.2, 0.25) is 5.91 Å². The zero-order valence-electron chi connectivity index (χ0n) is 13.7. The summed E-state index contributed by atoms with van der Waals surface area (Å²) in [6.45, 7) is 2.63. The first-order valence-electron chi connectivity index (χ1n) is 7.68. The van der Waals surface area contributed by atoms with E-state index in [1.54, 1.807) is 37.5 Å². The van der Waals surface area contributed by atoms with E-state index in [0.717, 1.165) is 12.0 Å². The van der Waals surface area contributed by atoms with Crippen LogP contribution in [-0.2, 0) is 4.79 Å². The molecule has 1 amide bonds. The second-order valence-electron chi connectivity index (χ2n) is 5.06. The molecule has 0 spiro atoms. The number of benzene rings is 2. The Balaban J connectivity index is 2.05. The Labute approximate surface area is 140 Å². The Morgan fingerprint density at radius 2 is 2.00 bits per heavy atom. The molecule has 0 aromatic heterocycles. The number of ether oxygens (including phenoxy) is 2. The van der Waals surface area contributed by atoms with Crippen molar-refractivity contribution in [3.05, 3.63) is 59.9 Å². The number of methoxy groups -OCH3 is 1. The number of nitrogens with one attached hydrogen (secondary N) is 1. The lowest BCUT2D eigenvalue weighted by molar-refractivity contribution is -0.111. The lowest BCUT2D eigenvalue weighted by Crippen LogP contribution is -2.09. The van der Waals surface area contributed by atoms with Gasteiger partial charge >= 0.3 is 0 Å². The van der Waals surface area contributed by atoms with Crippen LogP contribution in [0.1, 0.15) is 18.9 Å². The zero-order chi connectivity index (χ0) is 17.4. The lowest BCUT2D eigenvalue weighted by atomic mass is 10.2. The van der Waals surface area contributed by atoms with E-state index in [-0.39, 0.29) is 5.69 Å². The molecule has 2 aromatic rings. The number of hydrogen-bond donors (Lipinski definition) is 1. The van der Waals surface area contributed by atoms with Crippen molar-refractivity contribution in [2.24, 2.45) is 0 Å². The van der Waals surface area contributed by atoms with E-state index >= 15 is 0 Å². The van der Waals surface area contributed by atoms with Gasteiger partial charge in [0.05, 0.1) is 19.4 Å². The first-order chi connectivity index (χ1) is 11.6. The van der Waals surface area contributed by atoms with Gasteiger partial charge in [0.25, 0.3) is 0 Å². The van der Waals surface area contributed by atoms with Crippen LogP contribution in [0.3, 0.4) is 0 Å². The minimum Gasteiger partial charge on any atom is -0.493 e. The number of rotatable bonds is 7. The summed E-state index contributed by atoms with van der Waals surface area (Å²) in [5, 5.41) is 2.49. The van der Waals surface area contributed by atoms with E-state index in [4.69, 9.17) is 9.47 Å². The molecule has 0 radical (unpaired) electrons. The van der Waals surface area contributed by atoms with E-state index < -0.39 is 11.7 Å². The topological polar surface area (TPSA) is 47.6 Å². The molecule has 0 heterocycles. The molecule has 0 aliphatic rings. The van der Waals surface area contributed by atoms with Crippen molar-refractivity contribution >= 4 is 17.7 Å². The summed E-state index contributed by atoms with van der Waals surface area (Å²) in [5.74, 6) is 0.371. The van der Waals surface area contributed by atoms with Crippen molar-refractivity contribution in [2.45, 2.75) is 13.3 Å². The number of carbonyl (C=O) groups is 1. The number of carbonyl (C=O) groups excluding carboxylic acids is 1. The Kier molecular flexibility index (Phi) is 6.37. The van der Waals surface area contributed by atoms with Crippen LogP contribution in [0.4, 0.5) is 10.1 Å². The molecule has 24 heavy (non-hydrogen) atoms. The first kappa shape index (κ1) is 17.5. The van der Waals surface area contributed by atoms with Crippen LogP contribution in [0.15, 0.2) is 48.5 Å². The standard InChI is InChI=1S/C19H20FNO3/c1-3-12-24-17-10-8-14(13-18(17)23-2)9-11-19(22)21-16-7-5-4-6-15(16)20/h4-11,13H,3,12H2,1-2H3,(H,21,22). The molecule has 2 aromatic carbocycles. The molecular weight excluding hydrogens is 309 g/mol. The monoisotopic (exact) mass is 329 g/mol. The second-order valence-corrected chi connectivity index (χ2v) is 5.06. The highest BCUT2D eigenvalue weighted by atomic mass is 19.1. The molecule has 0 saturated carbocycles. The Morgan fingerprint density at radius 3 is 2.71 bits per heavy atom. The normalized spacial score (nSPS) is 10.6. The van der Waals surface area contributed by atoms with Gasteiger partial charge in [-0.05, 0) is 42.3 Å². The van der Waals surface area contributed by atoms with E-state index in [1.165, 1.54) is 18.2 Å². The van der Waals surface area contributed by atoms with Gasteiger partial charge in [-0.1, -0.05) is 25.1 Å². The Morgan fingerprint density at radius 1 is 1.21 bits per heavy atom. The molecule has 126 valence electrons. The van der Waals surface area contributed by atoms with Gasteiger partial charge < -0.3 is 14.8 Å². The number of hydrogen-bond acceptors (Lipinski definition) is 3. The molecule has 2 rings (SSSR count). The van der Waals surface area contributed by atoms with Crippen molar-refractivity contribution in [2.75, 3.05) is 19.0 Å². The van der Waals surface area contributed by atoms with Gasteiger partial charge in [-0.25, -0.2) is 4.39 Å². The molecule has 4 nitrogen and oxygen atoms in total. The molecule has 0 bridgehead atoms. The summed E-state index contributed by atoms with van der Waals surface area (Å²) >= 11 is 0. The Bertz CT molecular complexity index is 728. The summed E-state index contributed by atoms with van der Waals surface area (Å²) in [6, 6.07) is 11.4. The van der Waals surface area contributed by atoms with Crippen LogP contribution in [0, 0.1) is 5.82 Å². The molecule has 0 saturated heterocycles. The molecule has 0 unspecified atom stereocenters. The van der Waals surface area contributed by atoms with Crippen LogP contribution in [0.2, 0.25) is 0 Å². The van der Waals surface area contributed by atoms with E-state index in [1.807, 2.05) is 13.0 Å². The number of amides is 1. The smallest absolute Gasteiger partial charge is 0.248 e. The third-order valence-electron chi connectivity index (χ3n) is 3.21. The number of anilines is 1. The van der Waals surface area contributed by atoms with Crippen molar-refractivity contribution < 1.29 is 18.7 Å². The van der Waals surface area contributed by atoms with Gasteiger partial charge in [-0.15, -0.1) is 0 Å². The molecule has 1 N–H and O–H groups in total. The van der Waals surface area contributed by atoms with Crippen molar-refractivity contribution in [1.29, 1.82) is 0 Å². The molecule has 0 atom stereocenters. The highest BCUT2D eigenvalue weighted by Crippen LogP contribution is 2.28. The maximum Gasteiger partial charge on any atom is 0.248 e. The third kappa shape index (κ3) is 4.84. The highest BCUT2D eigenvalue weighted by Gasteiger charge is 2.06. The summed E-state index contributed by atoms with van der Waals surface area (Å²) in [5.41, 5.74) is 0.924. The number of halogens is 1. The summed E-state index contributed by atoms with van der Waals surface area (Å²) in [6.07, 6.45) is 3.87. The largest absolute Gasteiger partial charge is 0.493 e. The van der Waals surface area contributed by atoms with Crippen molar-refractivity contribution in [3.63, 3.8) is 0 Å². The first-order valence-corrected chi connectivity index (χ1v) is 7.68. The average Bonchev–Trinajstić information content (AvgIpc) is 2.60. The molecule has 0 fully saturated rings. The fourth-order valence-corrected chi connectivity index (χ4v) is 2.03. The van der Waals surface area contributed by atoms with E-state index in [2.05, 4.69) is 5.32 Å². The van der Waals surface area contributed by atoms with Gasteiger partial charge in [-0.3, -0.25) is 4.79 Å². The third-order valence-corrected chi connectivity index (χ3v) is 3.21. The minimum absolute atomic E-state index is 0.146. The maximum absolute atomic E-state index is 13.5. The van der Waals surface area contributed by atoms with Gasteiger partial charge in [0.15, 0.2) is 11.5 Å².